The number of nitrogens with one attached hydrogen (secondary N) is 1. The summed E-state index contributed by atoms with van der Waals surface area (Å²) in [6, 6.07) is 14.5. The Bertz CT molecular complexity index is 533. The fourth-order valence-electron chi connectivity index (χ4n) is 1.86. The summed E-state index contributed by atoms with van der Waals surface area (Å²) >= 11 is 5.77. The van der Waals surface area contributed by atoms with Crippen LogP contribution in [0.15, 0.2) is 48.5 Å². The lowest BCUT2D eigenvalue weighted by Crippen LogP contribution is -2.16. The molecule has 0 aromatic heterocycles. The Kier molecular flexibility index (Phi) is 4.77. The summed E-state index contributed by atoms with van der Waals surface area (Å²) in [5.74, 6) is -0.421. The van der Waals surface area contributed by atoms with Crippen LogP contribution in [0.2, 0.25) is 5.02 Å². The minimum absolute atomic E-state index is 0.00673. The van der Waals surface area contributed by atoms with Crippen LogP contribution in [-0.2, 0) is 4.74 Å². The van der Waals surface area contributed by atoms with Crippen molar-refractivity contribution in [1.29, 1.82) is 0 Å². The van der Waals surface area contributed by atoms with Crippen molar-refractivity contribution in [2.24, 2.45) is 0 Å². The molecule has 1 atom stereocenters. The predicted molar refractivity (Wildman–Crippen MR) is 76.1 cm³/mol. The van der Waals surface area contributed by atoms with Gasteiger partial charge in [0.2, 0.25) is 0 Å². The van der Waals surface area contributed by atoms with E-state index < -0.39 is 5.82 Å². The second kappa shape index (κ2) is 6.55. The minimum atomic E-state index is -0.421. The molecule has 0 spiro atoms. The van der Waals surface area contributed by atoms with Gasteiger partial charge in [-0.15, -0.1) is 0 Å². The van der Waals surface area contributed by atoms with Crippen LogP contribution in [0.25, 0.3) is 0 Å². The van der Waals surface area contributed by atoms with Gasteiger partial charge in [0.25, 0.3) is 0 Å². The number of rotatable bonds is 5. The average Bonchev–Trinajstić information content (AvgIpc) is 2.43. The summed E-state index contributed by atoms with van der Waals surface area (Å²) in [6.07, 6.45) is 0. The van der Waals surface area contributed by atoms with Crippen LogP contribution in [0.1, 0.15) is 11.6 Å². The van der Waals surface area contributed by atoms with Crippen molar-refractivity contribution in [1.82, 2.24) is 0 Å². The molecule has 0 aliphatic carbocycles. The molecular formula is C15H15ClFNO. The lowest BCUT2D eigenvalue weighted by Gasteiger charge is -2.19. The van der Waals surface area contributed by atoms with Gasteiger partial charge in [-0.2, -0.15) is 0 Å². The summed E-state index contributed by atoms with van der Waals surface area (Å²) in [5, 5.41) is 3.39. The first-order valence-electron chi connectivity index (χ1n) is 5.96. The molecule has 0 saturated carbocycles. The number of hydrogen-bond donors (Lipinski definition) is 1. The molecule has 0 heterocycles. The van der Waals surface area contributed by atoms with Crippen molar-refractivity contribution in [3.63, 3.8) is 0 Å². The standard InChI is InChI=1S/C15H15ClFNO/c1-19-10-15(11-5-3-2-4-6-11)18-12-7-8-14(17)13(16)9-12/h2-9,15,18H,10H2,1H3. The topological polar surface area (TPSA) is 21.3 Å². The Morgan fingerprint density at radius 3 is 2.58 bits per heavy atom. The van der Waals surface area contributed by atoms with Crippen LogP contribution in [0.3, 0.4) is 0 Å². The number of hydrogen-bond acceptors (Lipinski definition) is 2. The van der Waals surface area contributed by atoms with Gasteiger partial charge in [-0.05, 0) is 23.8 Å². The fourth-order valence-corrected chi connectivity index (χ4v) is 2.04. The second-order valence-electron chi connectivity index (χ2n) is 4.19. The van der Waals surface area contributed by atoms with Crippen molar-refractivity contribution in [2.45, 2.75) is 6.04 Å². The van der Waals surface area contributed by atoms with Gasteiger partial charge in [-0.3, -0.25) is 0 Å². The van der Waals surface area contributed by atoms with Crippen LogP contribution in [0.4, 0.5) is 10.1 Å². The number of benzene rings is 2. The summed E-state index contributed by atoms with van der Waals surface area (Å²) in [5.41, 5.74) is 1.86. The van der Waals surface area contributed by atoms with E-state index in [1.54, 1.807) is 19.2 Å². The minimum Gasteiger partial charge on any atom is -0.382 e. The zero-order valence-electron chi connectivity index (χ0n) is 10.6. The van der Waals surface area contributed by atoms with E-state index in [0.717, 1.165) is 11.3 Å². The van der Waals surface area contributed by atoms with E-state index in [2.05, 4.69) is 5.32 Å². The number of methoxy groups -OCH3 is 1. The van der Waals surface area contributed by atoms with Gasteiger partial charge >= 0.3 is 0 Å². The molecule has 0 aliphatic heterocycles. The number of ether oxygens (including phenoxy) is 1. The Hall–Kier alpha value is -1.58. The van der Waals surface area contributed by atoms with Crippen molar-refractivity contribution in [3.8, 4) is 0 Å². The highest BCUT2D eigenvalue weighted by molar-refractivity contribution is 6.31. The first-order chi connectivity index (χ1) is 9.20. The lowest BCUT2D eigenvalue weighted by atomic mass is 10.1. The van der Waals surface area contributed by atoms with E-state index in [9.17, 15) is 4.39 Å². The van der Waals surface area contributed by atoms with Gasteiger partial charge < -0.3 is 10.1 Å². The largest absolute Gasteiger partial charge is 0.382 e. The third kappa shape index (κ3) is 3.69. The first kappa shape index (κ1) is 13.8. The molecule has 1 N–H and O–H groups in total. The van der Waals surface area contributed by atoms with E-state index >= 15 is 0 Å². The third-order valence-corrected chi connectivity index (χ3v) is 3.09. The summed E-state index contributed by atoms with van der Waals surface area (Å²) in [6.45, 7) is 0.513. The molecule has 2 aromatic rings. The Balaban J connectivity index is 2.19. The summed E-state index contributed by atoms with van der Waals surface area (Å²) in [7, 11) is 1.65. The molecule has 19 heavy (non-hydrogen) atoms. The molecule has 100 valence electrons. The van der Waals surface area contributed by atoms with E-state index in [1.165, 1.54) is 6.07 Å². The summed E-state index contributed by atoms with van der Waals surface area (Å²) < 4.78 is 18.3. The normalized spacial score (nSPS) is 12.2. The molecular weight excluding hydrogens is 265 g/mol. The lowest BCUT2D eigenvalue weighted by molar-refractivity contribution is 0.186. The molecule has 2 nitrogen and oxygen atoms in total. The SMILES string of the molecule is COCC(Nc1ccc(F)c(Cl)c1)c1ccccc1. The van der Waals surface area contributed by atoms with Crippen molar-refractivity contribution >= 4 is 17.3 Å². The highest BCUT2D eigenvalue weighted by Crippen LogP contribution is 2.24. The monoisotopic (exact) mass is 279 g/mol. The zero-order valence-corrected chi connectivity index (χ0v) is 11.3. The zero-order chi connectivity index (χ0) is 13.7. The van der Waals surface area contributed by atoms with Crippen molar-refractivity contribution < 1.29 is 9.13 Å². The number of anilines is 1. The Morgan fingerprint density at radius 1 is 1.21 bits per heavy atom. The van der Waals surface area contributed by atoms with Gasteiger partial charge in [0.05, 0.1) is 17.7 Å². The van der Waals surface area contributed by atoms with Gasteiger partial charge in [0.15, 0.2) is 0 Å². The van der Waals surface area contributed by atoms with Crippen LogP contribution in [0, 0.1) is 5.82 Å². The van der Waals surface area contributed by atoms with Crippen LogP contribution in [0.5, 0.6) is 0 Å². The van der Waals surface area contributed by atoms with E-state index in [0.29, 0.717) is 6.61 Å². The highest BCUT2D eigenvalue weighted by Gasteiger charge is 2.11. The molecule has 2 rings (SSSR count). The Labute approximate surface area is 117 Å². The molecule has 0 aliphatic rings. The number of halogens is 2. The molecule has 0 amide bonds. The molecule has 1 unspecified atom stereocenters. The molecule has 4 heteroatoms. The maximum Gasteiger partial charge on any atom is 0.141 e. The molecule has 0 radical (unpaired) electrons. The van der Waals surface area contributed by atoms with Gasteiger partial charge in [0.1, 0.15) is 5.82 Å². The quantitative estimate of drug-likeness (QED) is 0.882. The van der Waals surface area contributed by atoms with Crippen LogP contribution in [-0.4, -0.2) is 13.7 Å². The van der Waals surface area contributed by atoms with Crippen molar-refractivity contribution in [3.05, 3.63) is 64.9 Å². The van der Waals surface area contributed by atoms with E-state index in [-0.39, 0.29) is 11.1 Å². The third-order valence-electron chi connectivity index (χ3n) is 2.80. The maximum absolute atomic E-state index is 13.1. The fraction of sp³-hybridized carbons (Fsp3) is 0.200. The first-order valence-corrected chi connectivity index (χ1v) is 6.34. The molecule has 0 saturated heterocycles. The van der Waals surface area contributed by atoms with Gasteiger partial charge in [-0.25, -0.2) is 4.39 Å². The molecule has 0 fully saturated rings. The van der Waals surface area contributed by atoms with Crippen LogP contribution < -0.4 is 5.32 Å². The smallest absolute Gasteiger partial charge is 0.141 e. The highest BCUT2D eigenvalue weighted by atomic mass is 35.5. The Morgan fingerprint density at radius 2 is 1.95 bits per heavy atom. The van der Waals surface area contributed by atoms with Gasteiger partial charge in [-0.1, -0.05) is 41.9 Å². The second-order valence-corrected chi connectivity index (χ2v) is 4.60. The van der Waals surface area contributed by atoms with Gasteiger partial charge in [0, 0.05) is 12.8 Å². The molecule has 2 aromatic carbocycles. The maximum atomic E-state index is 13.1. The summed E-state index contributed by atoms with van der Waals surface area (Å²) in [4.78, 5) is 0. The predicted octanol–water partition coefficient (Wildman–Crippen LogP) is 4.28. The van der Waals surface area contributed by atoms with Crippen molar-refractivity contribution in [2.75, 3.05) is 19.0 Å². The molecule has 0 bridgehead atoms. The van der Waals surface area contributed by atoms with E-state index in [4.69, 9.17) is 16.3 Å². The average molecular weight is 280 g/mol. The van der Waals surface area contributed by atoms with E-state index in [1.807, 2.05) is 30.3 Å². The van der Waals surface area contributed by atoms with Crippen LogP contribution >= 0.6 is 11.6 Å².